The molecule has 0 aromatic heterocycles. The van der Waals surface area contributed by atoms with E-state index in [0.29, 0.717) is 57.1 Å². The van der Waals surface area contributed by atoms with Gasteiger partial charge in [0.2, 0.25) is 0 Å². The van der Waals surface area contributed by atoms with Gasteiger partial charge in [0, 0.05) is 82.1 Å². The summed E-state index contributed by atoms with van der Waals surface area (Å²) in [6, 6.07) is 94.9. The minimum atomic E-state index is -0.817. The monoisotopic (exact) mass is 1070 g/mol. The Balaban J connectivity index is 1.06. The fourth-order valence-corrected chi connectivity index (χ4v) is 31.9. The van der Waals surface area contributed by atoms with Crippen molar-refractivity contribution in [2.24, 2.45) is 11.8 Å². The highest BCUT2D eigenvalue weighted by Crippen LogP contribution is 2.90. The molecule has 4 unspecified atom stereocenters. The molecule has 7 heteroatoms. The van der Waals surface area contributed by atoms with Crippen LogP contribution in [0, 0.1) is 11.8 Å². The van der Waals surface area contributed by atoms with Crippen LogP contribution in [-0.2, 0) is 0 Å². The molecule has 0 spiro atoms. The summed E-state index contributed by atoms with van der Waals surface area (Å²) in [7, 11) is 2.03. The van der Waals surface area contributed by atoms with E-state index in [4.69, 9.17) is 0 Å². The maximum Gasteiger partial charge on any atom is 0.0228 e. The van der Waals surface area contributed by atoms with Crippen molar-refractivity contribution in [2.75, 3.05) is 20.6 Å². The minimum Gasteiger partial charge on any atom is -0.258 e. The predicted molar refractivity (Wildman–Crippen MR) is 328 cm³/mol. The first-order valence-electron chi connectivity index (χ1n) is 28.3. The van der Waals surface area contributed by atoms with E-state index in [1.54, 1.807) is 16.7 Å². The Morgan fingerprint density at radius 3 is 0.947 bits per heavy atom. The highest BCUT2D eigenvalue weighted by atomic mass is 31.2. The van der Waals surface area contributed by atoms with E-state index >= 15 is 0 Å². The number of hydrazine groups is 1. The van der Waals surface area contributed by atoms with Crippen LogP contribution in [0.2, 0.25) is 0 Å². The van der Waals surface area contributed by atoms with E-state index < -0.39 is 32.3 Å². The highest BCUT2D eigenvalue weighted by molar-refractivity contribution is 7.72. The lowest BCUT2D eigenvalue weighted by Crippen LogP contribution is -2.32. The Bertz CT molecular complexity index is 2940. The molecule has 0 amide bonds. The molecule has 8 aromatic carbocycles. The van der Waals surface area contributed by atoms with E-state index in [1.165, 1.54) is 72.8 Å². The lowest BCUT2D eigenvalue weighted by molar-refractivity contribution is 0.236. The molecule has 386 valence electrons. The summed E-state index contributed by atoms with van der Waals surface area (Å²) in [5, 5.41) is 2.63. The molecule has 8 aromatic rings. The largest absolute Gasteiger partial charge is 0.258 e. The topological polar surface area (TPSA) is 9.72 Å². The second-order valence-electron chi connectivity index (χ2n) is 22.0. The Morgan fingerprint density at radius 2 is 0.618 bits per heavy atom. The molecule has 4 aliphatic heterocycles. The first-order chi connectivity index (χ1) is 37.6. The summed E-state index contributed by atoms with van der Waals surface area (Å²) in [6.45, 7) is 3.58. The van der Waals surface area contributed by atoms with Gasteiger partial charge in [0.05, 0.1) is 0 Å². The molecule has 4 saturated heterocycles. The van der Waals surface area contributed by atoms with Crippen LogP contribution in [0.3, 0.4) is 0 Å². The van der Waals surface area contributed by atoms with Crippen LogP contribution in [0.4, 0.5) is 0 Å². The fraction of sp³-hybridized carbons (Fsp3) is 0.304. The summed E-state index contributed by atoms with van der Waals surface area (Å²) in [5.74, 6) is 0.939. The van der Waals surface area contributed by atoms with Gasteiger partial charge in [-0.15, -0.1) is 0 Å². The van der Waals surface area contributed by atoms with Crippen molar-refractivity contribution in [1.29, 1.82) is 0 Å². The number of rotatable bonds is 17. The number of nitrogens with zero attached hydrogens (tertiary/aromatic N) is 3. The first-order valence-corrected chi connectivity index (χ1v) is 34.1. The molecule has 3 nitrogen and oxygen atoms in total. The van der Waals surface area contributed by atoms with E-state index in [2.05, 4.69) is 278 Å². The molecule has 4 heterocycles. The zero-order valence-electron chi connectivity index (χ0n) is 44.7. The van der Waals surface area contributed by atoms with Gasteiger partial charge in [-0.1, -0.05) is 256 Å². The number of hydrogen-bond donors (Lipinski definition) is 0. The molecule has 0 radical (unpaired) electrons. The molecule has 0 aliphatic carbocycles. The molecule has 0 bridgehead atoms. The van der Waals surface area contributed by atoms with Crippen molar-refractivity contribution >= 4 is 32.3 Å². The van der Waals surface area contributed by atoms with Gasteiger partial charge in [-0.05, 0) is 111 Å². The molecule has 12 atom stereocenters. The summed E-state index contributed by atoms with van der Waals surface area (Å²) in [5.41, 5.74) is 16.0. The second-order valence-corrected chi connectivity index (χ2v) is 32.2. The van der Waals surface area contributed by atoms with Crippen molar-refractivity contribution in [3.8, 4) is 0 Å². The Morgan fingerprint density at radius 1 is 0.329 bits per heavy atom. The van der Waals surface area contributed by atoms with Crippen molar-refractivity contribution in [3.05, 3.63) is 287 Å². The summed E-state index contributed by atoms with van der Waals surface area (Å²) in [6.07, 6.45) is 8.47. The normalized spacial score (nSPS) is 27.8. The molecular formula is C69H75N3P4. The third-order valence-corrected chi connectivity index (χ3v) is 32.4. The van der Waals surface area contributed by atoms with Gasteiger partial charge < -0.3 is 0 Å². The summed E-state index contributed by atoms with van der Waals surface area (Å²) >= 11 is 0. The van der Waals surface area contributed by atoms with E-state index in [9.17, 15) is 0 Å². The SMILES string of the molecule is CCCCN(P1[C@H](c2ccccc2)C(C2C[C@@H](c3ccccc3)P(N(N(C)C)P3[C@H](c4ccccc4)CC[C@H]3c3ccccc3)[C@@H]2c2ccccc2)C[C@H]1c1ccccc1)P1[C@H](c2ccccc2)C[C@H]1c1ccccc1. The third kappa shape index (κ3) is 10.4. The van der Waals surface area contributed by atoms with Crippen molar-refractivity contribution in [1.82, 2.24) is 14.0 Å². The lowest BCUT2D eigenvalue weighted by Gasteiger charge is -2.55. The van der Waals surface area contributed by atoms with Gasteiger partial charge in [-0.2, -0.15) is 4.55 Å². The van der Waals surface area contributed by atoms with Gasteiger partial charge in [-0.25, -0.2) is 5.01 Å². The number of hydrogen-bond acceptors (Lipinski definition) is 3. The smallest absolute Gasteiger partial charge is 0.0228 e. The molecule has 12 rings (SSSR count). The Hall–Kier alpha value is -4.64. The zero-order valence-corrected chi connectivity index (χ0v) is 48.2. The van der Waals surface area contributed by atoms with Gasteiger partial charge in [0.15, 0.2) is 0 Å². The minimum absolute atomic E-state index is 0.370. The van der Waals surface area contributed by atoms with Gasteiger partial charge in [0.1, 0.15) is 0 Å². The van der Waals surface area contributed by atoms with E-state index in [-0.39, 0.29) is 0 Å². The van der Waals surface area contributed by atoms with Crippen LogP contribution in [0.25, 0.3) is 0 Å². The summed E-state index contributed by atoms with van der Waals surface area (Å²) < 4.78 is 6.43. The van der Waals surface area contributed by atoms with Crippen LogP contribution in [0.15, 0.2) is 243 Å². The maximum absolute atomic E-state index is 3.30. The molecule has 4 fully saturated rings. The Kier molecular flexibility index (Phi) is 16.6. The van der Waals surface area contributed by atoms with Crippen LogP contribution in [0.1, 0.15) is 142 Å². The van der Waals surface area contributed by atoms with Gasteiger partial charge in [-0.3, -0.25) is 4.44 Å². The third-order valence-electron chi connectivity index (χ3n) is 17.4. The quantitative estimate of drug-likeness (QED) is 0.0665. The predicted octanol–water partition coefficient (Wildman–Crippen LogP) is 20.6. The highest BCUT2D eigenvalue weighted by Gasteiger charge is 2.61. The maximum atomic E-state index is 3.30. The number of unbranched alkanes of at least 4 members (excludes halogenated alkanes) is 1. The average Bonchev–Trinajstić information content (AvgIpc) is 4.38. The van der Waals surface area contributed by atoms with Crippen molar-refractivity contribution in [2.45, 2.75) is 97.1 Å². The Labute approximate surface area is 460 Å². The standard InChI is InChI=1S/C69H75N3P4/c1-4-5-48-71(73-66(56-38-22-10-23-39-56)51-67(73)57-40-24-11-25-41-57)75-64(54-34-18-8-19-35-54)49-60(68(75)58-42-26-12-27-43-58)61-50-65(55-36-20-9-21-37-55)76(69(61)59-44-28-13-29-45-59)72(70(2)3)74-62(52-30-14-6-15-31-52)46-47-63(74)53-32-16-7-17-33-53/h6-45,60-69H,4-5,46-51H2,1-3H3/t60?,61?,62-,63-,64-,65-,66-,67-,68+,69+,75?,76?/m0/s1. The van der Waals surface area contributed by atoms with Gasteiger partial charge in [0.25, 0.3) is 0 Å². The lowest BCUT2D eigenvalue weighted by atomic mass is 9.76. The van der Waals surface area contributed by atoms with Crippen LogP contribution >= 0.6 is 32.3 Å². The molecule has 76 heavy (non-hydrogen) atoms. The first kappa shape index (κ1) is 52.1. The molecular weight excluding hydrogens is 995 g/mol. The van der Waals surface area contributed by atoms with Crippen molar-refractivity contribution < 1.29 is 0 Å². The van der Waals surface area contributed by atoms with E-state index in [0.717, 1.165) is 6.54 Å². The fourth-order valence-electron chi connectivity index (χ4n) is 14.1. The second kappa shape index (κ2) is 24.2. The number of benzene rings is 8. The molecule has 0 N–H and O–H groups in total. The summed E-state index contributed by atoms with van der Waals surface area (Å²) in [4.78, 5) is 0. The van der Waals surface area contributed by atoms with Crippen LogP contribution in [0.5, 0.6) is 0 Å². The zero-order chi connectivity index (χ0) is 51.4. The molecule has 0 saturated carbocycles. The van der Waals surface area contributed by atoms with Crippen LogP contribution < -0.4 is 0 Å². The van der Waals surface area contributed by atoms with Crippen molar-refractivity contribution in [3.63, 3.8) is 0 Å². The molecule has 4 aliphatic rings. The van der Waals surface area contributed by atoms with Gasteiger partial charge >= 0.3 is 0 Å². The van der Waals surface area contributed by atoms with E-state index in [1.807, 2.05) is 0 Å². The van der Waals surface area contributed by atoms with Crippen LogP contribution in [-0.4, -0.2) is 34.6 Å². The average molecular weight is 1070 g/mol.